The van der Waals surface area contributed by atoms with Crippen molar-refractivity contribution in [3.05, 3.63) is 40.9 Å². The maximum atomic E-state index is 15.1. The minimum Gasteiger partial charge on any atom is -0.507 e. The lowest BCUT2D eigenvalue weighted by atomic mass is 9.96. The Kier molecular flexibility index (Phi) is 3.90. The molecule has 2 N–H and O–H groups in total. The third-order valence-electron chi connectivity index (χ3n) is 6.01. The SMILES string of the molecule is [2H][C@@]12CC[C@@]([2H])(N1)[C@@H](F)[C@@H](N(C)c1cnc(-c3cc4ccn(C)c(=O)c4cc3O)nn1)C2. The Morgan fingerprint density at radius 1 is 1.37 bits per heavy atom. The van der Waals surface area contributed by atoms with E-state index in [0.717, 1.165) is 0 Å². The smallest absolute Gasteiger partial charge is 0.258 e. The highest BCUT2D eigenvalue weighted by atomic mass is 19.1. The van der Waals surface area contributed by atoms with Gasteiger partial charge < -0.3 is 19.9 Å². The van der Waals surface area contributed by atoms with Crippen molar-refractivity contribution in [3.8, 4) is 17.1 Å². The van der Waals surface area contributed by atoms with Crippen LogP contribution >= 0.6 is 0 Å². The van der Waals surface area contributed by atoms with Gasteiger partial charge >= 0.3 is 0 Å². The number of nitrogens with zero attached hydrogens (tertiary/aromatic N) is 5. The monoisotopic (exact) mass is 412 g/mol. The number of pyridine rings is 1. The molecule has 2 bridgehead atoms. The van der Waals surface area contributed by atoms with Crippen molar-refractivity contribution < 1.29 is 12.2 Å². The van der Waals surface area contributed by atoms with Crippen molar-refractivity contribution in [1.82, 2.24) is 25.1 Å². The van der Waals surface area contributed by atoms with E-state index in [2.05, 4.69) is 20.5 Å². The van der Waals surface area contributed by atoms with Crippen molar-refractivity contribution in [3.63, 3.8) is 0 Å². The van der Waals surface area contributed by atoms with Gasteiger partial charge in [0.25, 0.3) is 5.56 Å². The molecule has 2 aliphatic heterocycles. The predicted molar refractivity (Wildman–Crippen MR) is 111 cm³/mol. The second-order valence-electron chi connectivity index (χ2n) is 7.87. The molecule has 2 fully saturated rings. The number of hydrogen-bond donors (Lipinski definition) is 2. The molecule has 2 saturated heterocycles. The molecule has 4 atom stereocenters. The van der Waals surface area contributed by atoms with E-state index in [4.69, 9.17) is 2.74 Å². The van der Waals surface area contributed by atoms with E-state index in [9.17, 15) is 9.90 Å². The first-order chi connectivity index (χ1) is 15.1. The van der Waals surface area contributed by atoms with E-state index in [1.807, 2.05) is 0 Å². The van der Waals surface area contributed by atoms with Crippen molar-refractivity contribution in [1.29, 1.82) is 0 Å². The molecule has 3 aromatic rings. The Labute approximate surface area is 175 Å². The lowest BCUT2D eigenvalue weighted by molar-refractivity contribution is 0.176. The van der Waals surface area contributed by atoms with Crippen LogP contribution in [0.3, 0.4) is 0 Å². The quantitative estimate of drug-likeness (QED) is 0.677. The Bertz CT molecular complexity index is 1270. The lowest BCUT2D eigenvalue weighted by Crippen LogP contribution is -2.55. The fraction of sp³-hybridized carbons (Fsp3) is 0.429. The van der Waals surface area contributed by atoms with E-state index in [1.54, 1.807) is 37.3 Å². The summed E-state index contributed by atoms with van der Waals surface area (Å²) in [5, 5.41) is 22.6. The van der Waals surface area contributed by atoms with Crippen LogP contribution < -0.4 is 15.8 Å². The average molecular weight is 412 g/mol. The van der Waals surface area contributed by atoms with E-state index >= 15 is 4.39 Å². The highest BCUT2D eigenvalue weighted by Gasteiger charge is 2.43. The molecule has 2 aliphatic rings. The Hall–Kier alpha value is -3.07. The minimum absolute atomic E-state index is 0.144. The van der Waals surface area contributed by atoms with Crippen LogP contribution in [-0.2, 0) is 7.05 Å². The van der Waals surface area contributed by atoms with Crippen molar-refractivity contribution in [2.75, 3.05) is 11.9 Å². The van der Waals surface area contributed by atoms with Gasteiger partial charge in [0.2, 0.25) is 0 Å². The zero-order chi connectivity index (χ0) is 22.8. The number of alkyl halides is 1. The second-order valence-corrected chi connectivity index (χ2v) is 7.87. The average Bonchev–Trinajstić information content (AvgIpc) is 3.05. The molecule has 5 rings (SSSR count). The largest absolute Gasteiger partial charge is 0.507 e. The molecule has 9 heteroatoms. The van der Waals surface area contributed by atoms with Gasteiger partial charge in [-0.15, -0.1) is 10.2 Å². The summed E-state index contributed by atoms with van der Waals surface area (Å²) in [6.07, 6.45) is 2.50. The summed E-state index contributed by atoms with van der Waals surface area (Å²) >= 11 is 0. The van der Waals surface area contributed by atoms with Crippen molar-refractivity contribution in [2.45, 2.75) is 43.5 Å². The highest BCUT2D eigenvalue weighted by Crippen LogP contribution is 2.34. The van der Waals surface area contributed by atoms with Crippen LogP contribution in [0.5, 0.6) is 5.75 Å². The van der Waals surface area contributed by atoms with Crippen molar-refractivity contribution in [2.24, 2.45) is 7.05 Å². The number of rotatable bonds is 3. The summed E-state index contributed by atoms with van der Waals surface area (Å²) in [5.74, 6) is 0.331. The number of halogens is 1. The Morgan fingerprint density at radius 2 is 2.20 bits per heavy atom. The molecule has 0 spiro atoms. The van der Waals surface area contributed by atoms with Gasteiger partial charge in [-0.2, -0.15) is 0 Å². The number of phenols is 1. The van der Waals surface area contributed by atoms with Crippen LogP contribution in [0.15, 0.2) is 35.4 Å². The maximum Gasteiger partial charge on any atom is 0.258 e. The minimum atomic E-state index is -1.50. The number of aromatic hydroxyl groups is 1. The number of piperidine rings is 1. The topological polar surface area (TPSA) is 96.2 Å². The number of phenolic OH excluding ortho intramolecular Hbond substituents is 1. The van der Waals surface area contributed by atoms with Crippen LogP contribution in [0.1, 0.15) is 22.0 Å². The van der Waals surface area contributed by atoms with Gasteiger partial charge in [-0.25, -0.2) is 9.37 Å². The molecule has 156 valence electrons. The highest BCUT2D eigenvalue weighted by molar-refractivity contribution is 5.88. The fourth-order valence-electron chi connectivity index (χ4n) is 4.20. The van der Waals surface area contributed by atoms with Crippen molar-refractivity contribution >= 4 is 16.6 Å². The third-order valence-corrected chi connectivity index (χ3v) is 6.01. The number of nitrogens with one attached hydrogen (secondary N) is 1. The molecule has 0 unspecified atom stereocenters. The number of hydrogen-bond acceptors (Lipinski definition) is 7. The number of aromatic nitrogens is 4. The number of fused-ring (bicyclic) bond motifs is 3. The summed E-state index contributed by atoms with van der Waals surface area (Å²) in [7, 11) is 3.29. The number of aryl methyl sites for hydroxylation is 1. The van der Waals surface area contributed by atoms with E-state index in [1.165, 1.54) is 16.8 Å². The number of anilines is 1. The molecule has 0 radical (unpaired) electrons. The van der Waals surface area contributed by atoms with Gasteiger partial charge in [0, 0.05) is 35.1 Å². The van der Waals surface area contributed by atoms with Gasteiger partial charge in [0.1, 0.15) is 11.9 Å². The van der Waals surface area contributed by atoms with Gasteiger partial charge in [-0.05, 0) is 42.8 Å². The summed E-state index contributed by atoms with van der Waals surface area (Å²) < 4.78 is 33.4. The lowest BCUT2D eigenvalue weighted by Gasteiger charge is -2.38. The van der Waals surface area contributed by atoms with Gasteiger partial charge in [-0.3, -0.25) is 4.79 Å². The van der Waals surface area contributed by atoms with Crippen LogP contribution in [-0.4, -0.2) is 56.2 Å². The van der Waals surface area contributed by atoms with Crippen LogP contribution in [0.25, 0.3) is 22.2 Å². The molecule has 8 nitrogen and oxygen atoms in total. The van der Waals surface area contributed by atoms with Crippen LogP contribution in [0.2, 0.25) is 0 Å². The third kappa shape index (κ3) is 3.00. The Morgan fingerprint density at radius 3 is 2.97 bits per heavy atom. The van der Waals surface area contributed by atoms with E-state index in [-0.39, 0.29) is 30.0 Å². The molecule has 30 heavy (non-hydrogen) atoms. The standard InChI is InChI=1S/C21H23FN6O2/c1-27-6-5-11-7-14(17(29)9-13(11)21(27)30)20-23-10-18(25-26-20)28(2)16-8-12-3-4-15(24-12)19(16)22/h5-7,9-10,12,15-16,19,24,29H,3-4,8H2,1-2H3/t12-,15+,16-,19+/m0/s1/i12D,15D. The van der Waals surface area contributed by atoms with Crippen LogP contribution in [0.4, 0.5) is 10.2 Å². The Balaban J connectivity index is 1.45. The van der Waals surface area contributed by atoms with Crippen LogP contribution in [0, 0.1) is 0 Å². The maximum absolute atomic E-state index is 15.1. The molecule has 0 amide bonds. The summed E-state index contributed by atoms with van der Waals surface area (Å²) in [6.45, 7) is 0. The van der Waals surface area contributed by atoms with Gasteiger partial charge in [0.15, 0.2) is 11.6 Å². The van der Waals surface area contributed by atoms with Gasteiger partial charge in [-0.1, -0.05) is 0 Å². The molecule has 0 aliphatic carbocycles. The van der Waals surface area contributed by atoms with Gasteiger partial charge in [0.05, 0.1) is 23.2 Å². The first-order valence-corrected chi connectivity index (χ1v) is 9.79. The summed E-state index contributed by atoms with van der Waals surface area (Å²) in [4.78, 5) is 18.1. The number of benzene rings is 1. The summed E-state index contributed by atoms with van der Waals surface area (Å²) in [6, 6.07) is 1.56. The van der Waals surface area contributed by atoms with E-state index < -0.39 is 24.2 Å². The molecule has 2 aromatic heterocycles. The summed E-state index contributed by atoms with van der Waals surface area (Å²) in [5.41, 5.74) is 0.0994. The molecular formula is C21H23FN6O2. The molecule has 4 heterocycles. The second kappa shape index (κ2) is 7.02. The first kappa shape index (κ1) is 16.7. The molecule has 1 aromatic carbocycles. The van der Waals surface area contributed by atoms with E-state index in [0.29, 0.717) is 28.6 Å². The predicted octanol–water partition coefficient (Wildman–Crippen LogP) is 1.76. The zero-order valence-corrected chi connectivity index (χ0v) is 16.6. The zero-order valence-electron chi connectivity index (χ0n) is 18.6. The normalized spacial score (nSPS) is 31.4. The molecular weight excluding hydrogens is 387 g/mol. The fourth-order valence-corrected chi connectivity index (χ4v) is 4.20. The molecule has 0 saturated carbocycles. The first-order valence-electron chi connectivity index (χ1n) is 10.8.